The molecule has 0 aliphatic carbocycles. The highest BCUT2D eigenvalue weighted by Crippen LogP contribution is 2.27. The first-order valence-electron chi connectivity index (χ1n) is 6.20. The molecule has 0 unspecified atom stereocenters. The van der Waals surface area contributed by atoms with Gasteiger partial charge in [0.1, 0.15) is 0 Å². The maximum atomic E-state index is 10.9. The summed E-state index contributed by atoms with van der Waals surface area (Å²) < 4.78 is 5.51. The molecule has 0 spiro atoms. The van der Waals surface area contributed by atoms with Gasteiger partial charge < -0.3 is 14.7 Å². The Morgan fingerprint density at radius 1 is 1.50 bits per heavy atom. The Morgan fingerprint density at radius 2 is 2.22 bits per heavy atom. The molecule has 0 aromatic carbocycles. The highest BCUT2D eigenvalue weighted by Gasteiger charge is 2.21. The Hall–Kier alpha value is -1.85. The van der Waals surface area contributed by atoms with Crippen LogP contribution in [0.3, 0.4) is 0 Å². The van der Waals surface area contributed by atoms with Crippen LogP contribution < -0.4 is 9.64 Å². The van der Waals surface area contributed by atoms with E-state index >= 15 is 0 Å². The Kier molecular flexibility index (Phi) is 3.96. The molecule has 2 rings (SSSR count). The lowest BCUT2D eigenvalue weighted by molar-refractivity contribution is 0.0688. The molecule has 0 amide bonds. The summed E-state index contributed by atoms with van der Waals surface area (Å²) in [5.74, 6) is -0.0959. The molecule has 6 heteroatoms. The van der Waals surface area contributed by atoms with Gasteiger partial charge in [0.25, 0.3) is 5.88 Å². The molecule has 0 atom stereocenters. The summed E-state index contributed by atoms with van der Waals surface area (Å²) in [7, 11) is 0. The lowest BCUT2D eigenvalue weighted by Crippen LogP contribution is -2.21. The van der Waals surface area contributed by atoms with Crippen molar-refractivity contribution < 1.29 is 14.6 Å². The standard InChI is InChI=1S/C12H17N3O3/c1-2-7-18-11-10(15-5-3-4-6-15)13-8-9(14-11)12(16)17/h8H,2-7H2,1H3,(H,16,17). The third-order valence-electron chi connectivity index (χ3n) is 2.79. The monoisotopic (exact) mass is 251 g/mol. The maximum absolute atomic E-state index is 10.9. The number of carboxylic acids is 1. The van der Waals surface area contributed by atoms with Gasteiger partial charge in [0, 0.05) is 13.1 Å². The Morgan fingerprint density at radius 3 is 2.83 bits per heavy atom. The molecule has 0 radical (unpaired) electrons. The zero-order valence-electron chi connectivity index (χ0n) is 10.4. The van der Waals surface area contributed by atoms with Crippen molar-refractivity contribution in [1.82, 2.24) is 9.97 Å². The first-order valence-corrected chi connectivity index (χ1v) is 6.20. The summed E-state index contributed by atoms with van der Waals surface area (Å²) in [6, 6.07) is 0. The van der Waals surface area contributed by atoms with E-state index in [0.29, 0.717) is 18.3 Å². The molecule has 6 nitrogen and oxygen atoms in total. The molecule has 98 valence electrons. The number of nitrogens with zero attached hydrogens (tertiary/aromatic N) is 3. The van der Waals surface area contributed by atoms with Gasteiger partial charge in [-0.3, -0.25) is 0 Å². The lowest BCUT2D eigenvalue weighted by Gasteiger charge is -2.19. The molecule has 1 aromatic rings. The van der Waals surface area contributed by atoms with Crippen molar-refractivity contribution in [2.24, 2.45) is 0 Å². The normalized spacial score (nSPS) is 14.8. The number of hydrogen-bond acceptors (Lipinski definition) is 5. The van der Waals surface area contributed by atoms with Gasteiger partial charge in [-0.2, -0.15) is 0 Å². The van der Waals surface area contributed by atoms with Crippen molar-refractivity contribution >= 4 is 11.8 Å². The largest absolute Gasteiger partial charge is 0.476 e. The molecule has 0 bridgehead atoms. The molecule has 1 saturated heterocycles. The van der Waals surface area contributed by atoms with E-state index in [4.69, 9.17) is 9.84 Å². The fourth-order valence-electron chi connectivity index (χ4n) is 1.91. The van der Waals surface area contributed by atoms with Crippen LogP contribution in [-0.4, -0.2) is 40.7 Å². The highest BCUT2D eigenvalue weighted by atomic mass is 16.5. The second-order valence-electron chi connectivity index (χ2n) is 4.23. The van der Waals surface area contributed by atoms with E-state index in [-0.39, 0.29) is 5.69 Å². The highest BCUT2D eigenvalue weighted by molar-refractivity contribution is 5.85. The molecule has 1 fully saturated rings. The van der Waals surface area contributed by atoms with E-state index in [0.717, 1.165) is 32.4 Å². The van der Waals surface area contributed by atoms with Crippen molar-refractivity contribution in [3.05, 3.63) is 11.9 Å². The summed E-state index contributed by atoms with van der Waals surface area (Å²) in [6.07, 6.45) is 4.37. The SMILES string of the molecule is CCCOc1nc(C(=O)O)cnc1N1CCCC1. The van der Waals surface area contributed by atoms with Gasteiger partial charge in [-0.1, -0.05) is 6.92 Å². The topological polar surface area (TPSA) is 75.5 Å². The second-order valence-corrected chi connectivity index (χ2v) is 4.23. The molecule has 18 heavy (non-hydrogen) atoms. The zero-order chi connectivity index (χ0) is 13.0. The number of carbonyl (C=O) groups is 1. The number of rotatable bonds is 5. The Labute approximate surface area is 106 Å². The van der Waals surface area contributed by atoms with Crippen LogP contribution in [0.4, 0.5) is 5.82 Å². The summed E-state index contributed by atoms with van der Waals surface area (Å²) in [5.41, 5.74) is -0.0796. The molecule has 1 aliphatic rings. The predicted molar refractivity (Wildman–Crippen MR) is 66.2 cm³/mol. The molecule has 1 aromatic heterocycles. The van der Waals surface area contributed by atoms with Crippen molar-refractivity contribution in [1.29, 1.82) is 0 Å². The third-order valence-corrected chi connectivity index (χ3v) is 2.79. The third kappa shape index (κ3) is 2.69. The van der Waals surface area contributed by atoms with Crippen molar-refractivity contribution in [2.75, 3.05) is 24.6 Å². The average Bonchev–Trinajstić information content (AvgIpc) is 2.89. The van der Waals surface area contributed by atoms with Crippen molar-refractivity contribution in [3.8, 4) is 5.88 Å². The van der Waals surface area contributed by atoms with Crippen LogP contribution >= 0.6 is 0 Å². The van der Waals surface area contributed by atoms with Crippen molar-refractivity contribution in [2.45, 2.75) is 26.2 Å². The number of anilines is 1. The van der Waals surface area contributed by atoms with E-state index in [2.05, 4.69) is 14.9 Å². The first-order chi connectivity index (χ1) is 8.72. The van der Waals surface area contributed by atoms with Crippen LogP contribution in [0, 0.1) is 0 Å². The van der Waals surface area contributed by atoms with Gasteiger partial charge in [0.05, 0.1) is 12.8 Å². The van der Waals surface area contributed by atoms with Crippen LogP contribution in [0.15, 0.2) is 6.20 Å². The minimum atomic E-state index is -1.09. The fraction of sp³-hybridized carbons (Fsp3) is 0.583. The number of hydrogen-bond donors (Lipinski definition) is 1. The van der Waals surface area contributed by atoms with Gasteiger partial charge in [0.2, 0.25) is 0 Å². The van der Waals surface area contributed by atoms with Gasteiger partial charge >= 0.3 is 5.97 Å². The van der Waals surface area contributed by atoms with E-state index in [9.17, 15) is 4.79 Å². The minimum absolute atomic E-state index is 0.0796. The van der Waals surface area contributed by atoms with Crippen LogP contribution in [0.5, 0.6) is 5.88 Å². The van der Waals surface area contributed by atoms with E-state index < -0.39 is 5.97 Å². The summed E-state index contributed by atoms with van der Waals surface area (Å²) in [5, 5.41) is 8.92. The van der Waals surface area contributed by atoms with Crippen molar-refractivity contribution in [3.63, 3.8) is 0 Å². The fourth-order valence-corrected chi connectivity index (χ4v) is 1.91. The van der Waals surface area contributed by atoms with Gasteiger partial charge in [-0.15, -0.1) is 0 Å². The van der Waals surface area contributed by atoms with Crippen LogP contribution in [-0.2, 0) is 0 Å². The molecule has 1 aliphatic heterocycles. The van der Waals surface area contributed by atoms with Gasteiger partial charge in [0.15, 0.2) is 11.5 Å². The minimum Gasteiger partial charge on any atom is -0.476 e. The number of carboxylic acid groups (broad SMARTS) is 1. The summed E-state index contributed by atoms with van der Waals surface area (Å²) in [6.45, 7) is 4.34. The average molecular weight is 251 g/mol. The Balaban J connectivity index is 2.28. The number of ether oxygens (including phenoxy) is 1. The molecule has 2 heterocycles. The Bertz CT molecular complexity index is 431. The first kappa shape index (κ1) is 12.6. The number of aromatic carboxylic acids is 1. The molecule has 1 N–H and O–H groups in total. The van der Waals surface area contributed by atoms with Crippen LogP contribution in [0.1, 0.15) is 36.7 Å². The summed E-state index contributed by atoms with van der Waals surface area (Å²) >= 11 is 0. The van der Waals surface area contributed by atoms with Gasteiger partial charge in [-0.25, -0.2) is 14.8 Å². The predicted octanol–water partition coefficient (Wildman–Crippen LogP) is 1.56. The van der Waals surface area contributed by atoms with E-state index in [1.54, 1.807) is 0 Å². The smallest absolute Gasteiger partial charge is 0.356 e. The maximum Gasteiger partial charge on any atom is 0.356 e. The number of aromatic nitrogens is 2. The van der Waals surface area contributed by atoms with Crippen LogP contribution in [0.25, 0.3) is 0 Å². The van der Waals surface area contributed by atoms with Gasteiger partial charge in [-0.05, 0) is 19.3 Å². The second kappa shape index (κ2) is 5.66. The molecule has 0 saturated carbocycles. The molecular formula is C12H17N3O3. The van der Waals surface area contributed by atoms with E-state index in [1.807, 2.05) is 6.92 Å². The lowest BCUT2D eigenvalue weighted by atomic mass is 10.4. The molecular weight excluding hydrogens is 234 g/mol. The quantitative estimate of drug-likeness (QED) is 0.856. The van der Waals surface area contributed by atoms with Crippen LogP contribution in [0.2, 0.25) is 0 Å². The summed E-state index contributed by atoms with van der Waals surface area (Å²) in [4.78, 5) is 21.2. The van der Waals surface area contributed by atoms with E-state index in [1.165, 1.54) is 6.20 Å². The zero-order valence-corrected chi connectivity index (χ0v) is 10.4.